The molecular formula is C14H19BrO4S. The van der Waals surface area contributed by atoms with Crippen molar-refractivity contribution in [3.63, 3.8) is 0 Å². The third-order valence-corrected chi connectivity index (χ3v) is 4.02. The van der Waals surface area contributed by atoms with Crippen LogP contribution >= 0.6 is 27.3 Å². The van der Waals surface area contributed by atoms with E-state index >= 15 is 0 Å². The van der Waals surface area contributed by atoms with Crippen LogP contribution in [0.3, 0.4) is 0 Å². The van der Waals surface area contributed by atoms with Crippen molar-refractivity contribution >= 4 is 39.2 Å². The molecule has 112 valence electrons. The van der Waals surface area contributed by atoms with Crippen LogP contribution in [0.2, 0.25) is 0 Å². The number of hydrogen-bond donors (Lipinski definition) is 0. The van der Waals surface area contributed by atoms with E-state index in [4.69, 9.17) is 9.47 Å². The monoisotopic (exact) mass is 362 g/mol. The van der Waals surface area contributed by atoms with Crippen molar-refractivity contribution in [2.75, 3.05) is 0 Å². The molecule has 20 heavy (non-hydrogen) atoms. The van der Waals surface area contributed by atoms with Crippen molar-refractivity contribution in [1.82, 2.24) is 0 Å². The predicted molar refractivity (Wildman–Crippen MR) is 81.7 cm³/mol. The maximum absolute atomic E-state index is 12.1. The molecule has 1 aromatic heterocycles. The Morgan fingerprint density at radius 1 is 1.15 bits per heavy atom. The Kier molecular flexibility index (Phi) is 6.68. The van der Waals surface area contributed by atoms with Gasteiger partial charge in [-0.1, -0.05) is 0 Å². The largest absolute Gasteiger partial charge is 0.462 e. The molecule has 1 aromatic rings. The van der Waals surface area contributed by atoms with Crippen LogP contribution in [-0.4, -0.2) is 24.1 Å². The standard InChI is InChI=1S/C14H19BrO4S/c1-8(2)18-13(16)12(14(17)19-9(3)4)6-11-5-10(15)7-20-11/h5,7-9,12H,6H2,1-4H3. The number of esters is 2. The molecule has 1 heterocycles. The summed E-state index contributed by atoms with van der Waals surface area (Å²) in [4.78, 5) is 25.0. The predicted octanol–water partition coefficient (Wildman–Crippen LogP) is 3.57. The molecule has 6 heteroatoms. The average Bonchev–Trinajstić information content (AvgIpc) is 2.69. The molecule has 1 rings (SSSR count). The zero-order chi connectivity index (χ0) is 15.3. The zero-order valence-electron chi connectivity index (χ0n) is 12.0. The highest BCUT2D eigenvalue weighted by atomic mass is 79.9. The SMILES string of the molecule is CC(C)OC(=O)C(Cc1cc(Br)cs1)C(=O)OC(C)C. The van der Waals surface area contributed by atoms with Gasteiger partial charge in [-0.05, 0) is 49.7 Å². The van der Waals surface area contributed by atoms with E-state index in [2.05, 4.69) is 15.9 Å². The molecule has 4 nitrogen and oxygen atoms in total. The van der Waals surface area contributed by atoms with Gasteiger partial charge in [0.1, 0.15) is 0 Å². The molecular weight excluding hydrogens is 344 g/mol. The number of carbonyl (C=O) groups is 2. The molecule has 0 amide bonds. The molecule has 0 aliphatic heterocycles. The van der Waals surface area contributed by atoms with E-state index in [9.17, 15) is 9.59 Å². The van der Waals surface area contributed by atoms with E-state index in [-0.39, 0.29) is 12.2 Å². The second-order valence-corrected chi connectivity index (χ2v) is 6.87. The number of halogens is 1. The Labute approximate surface area is 131 Å². The lowest BCUT2D eigenvalue weighted by Gasteiger charge is -2.17. The van der Waals surface area contributed by atoms with Crippen LogP contribution in [0.4, 0.5) is 0 Å². The quantitative estimate of drug-likeness (QED) is 0.573. The first-order valence-corrected chi connectivity index (χ1v) is 8.10. The van der Waals surface area contributed by atoms with Gasteiger partial charge in [-0.15, -0.1) is 11.3 Å². The second-order valence-electron chi connectivity index (χ2n) is 4.96. The van der Waals surface area contributed by atoms with Gasteiger partial charge in [0, 0.05) is 21.2 Å². The number of ether oxygens (including phenoxy) is 2. The van der Waals surface area contributed by atoms with Crippen LogP contribution in [0.25, 0.3) is 0 Å². The summed E-state index contributed by atoms with van der Waals surface area (Å²) in [6.07, 6.45) is -0.216. The molecule has 0 N–H and O–H groups in total. The van der Waals surface area contributed by atoms with Gasteiger partial charge >= 0.3 is 11.9 Å². The fraction of sp³-hybridized carbons (Fsp3) is 0.571. The fourth-order valence-corrected chi connectivity index (χ4v) is 3.05. The molecule has 0 aliphatic rings. The average molecular weight is 363 g/mol. The molecule has 0 fully saturated rings. The molecule has 0 unspecified atom stereocenters. The highest BCUT2D eigenvalue weighted by Gasteiger charge is 2.31. The molecule has 0 aromatic carbocycles. The van der Waals surface area contributed by atoms with Crippen molar-refractivity contribution in [3.05, 3.63) is 20.8 Å². The lowest BCUT2D eigenvalue weighted by molar-refractivity contribution is -0.166. The summed E-state index contributed by atoms with van der Waals surface area (Å²) in [5.74, 6) is -1.98. The van der Waals surface area contributed by atoms with Gasteiger partial charge in [-0.25, -0.2) is 0 Å². The molecule has 0 radical (unpaired) electrons. The Bertz CT molecular complexity index is 445. The van der Waals surface area contributed by atoms with Crippen molar-refractivity contribution in [3.8, 4) is 0 Å². The summed E-state index contributed by atoms with van der Waals surface area (Å²) in [7, 11) is 0. The minimum Gasteiger partial charge on any atom is -0.462 e. The lowest BCUT2D eigenvalue weighted by Crippen LogP contribution is -2.32. The third kappa shape index (κ3) is 5.63. The summed E-state index contributed by atoms with van der Waals surface area (Å²) in [5.41, 5.74) is 0. The van der Waals surface area contributed by atoms with Gasteiger partial charge in [-0.2, -0.15) is 0 Å². The zero-order valence-corrected chi connectivity index (χ0v) is 14.4. The van der Waals surface area contributed by atoms with Crippen LogP contribution in [0, 0.1) is 5.92 Å². The Balaban J connectivity index is 2.83. The van der Waals surface area contributed by atoms with Crippen LogP contribution in [0.1, 0.15) is 32.6 Å². The first-order valence-electron chi connectivity index (χ1n) is 6.43. The van der Waals surface area contributed by atoms with Crippen LogP contribution in [-0.2, 0) is 25.5 Å². The molecule has 0 atom stereocenters. The maximum atomic E-state index is 12.1. The first-order chi connectivity index (χ1) is 9.29. The van der Waals surface area contributed by atoms with E-state index in [1.807, 2.05) is 11.4 Å². The number of thiophene rings is 1. The van der Waals surface area contributed by atoms with Gasteiger partial charge in [0.25, 0.3) is 0 Å². The number of hydrogen-bond acceptors (Lipinski definition) is 5. The lowest BCUT2D eigenvalue weighted by atomic mass is 10.0. The highest BCUT2D eigenvalue weighted by molar-refractivity contribution is 9.10. The highest BCUT2D eigenvalue weighted by Crippen LogP contribution is 2.24. The normalized spacial score (nSPS) is 11.2. The Hall–Kier alpha value is -0.880. The fourth-order valence-electron chi connectivity index (χ4n) is 1.55. The van der Waals surface area contributed by atoms with Gasteiger partial charge < -0.3 is 9.47 Å². The van der Waals surface area contributed by atoms with E-state index in [1.165, 1.54) is 11.3 Å². The van der Waals surface area contributed by atoms with Gasteiger partial charge in [0.2, 0.25) is 0 Å². The van der Waals surface area contributed by atoms with Crippen LogP contribution < -0.4 is 0 Å². The molecule has 0 saturated carbocycles. The second kappa shape index (κ2) is 7.78. The third-order valence-electron chi connectivity index (χ3n) is 2.30. The smallest absolute Gasteiger partial charge is 0.320 e. The summed E-state index contributed by atoms with van der Waals surface area (Å²) in [6.45, 7) is 7.02. The molecule has 0 bridgehead atoms. The summed E-state index contributed by atoms with van der Waals surface area (Å²) >= 11 is 4.84. The van der Waals surface area contributed by atoms with Gasteiger partial charge in [0.05, 0.1) is 12.2 Å². The van der Waals surface area contributed by atoms with Crippen LogP contribution in [0.15, 0.2) is 15.9 Å². The minimum atomic E-state index is -0.912. The Morgan fingerprint density at radius 3 is 2.00 bits per heavy atom. The van der Waals surface area contributed by atoms with E-state index in [0.29, 0.717) is 6.42 Å². The van der Waals surface area contributed by atoms with Crippen LogP contribution in [0.5, 0.6) is 0 Å². The molecule has 0 aliphatic carbocycles. The molecule has 0 spiro atoms. The van der Waals surface area contributed by atoms with Crippen molar-refractivity contribution in [2.24, 2.45) is 5.92 Å². The minimum absolute atomic E-state index is 0.257. The van der Waals surface area contributed by atoms with E-state index < -0.39 is 17.9 Å². The first kappa shape index (κ1) is 17.2. The number of carbonyl (C=O) groups excluding carboxylic acids is 2. The number of rotatable bonds is 6. The summed E-state index contributed by atoms with van der Waals surface area (Å²) in [5, 5.41) is 1.91. The molecule has 0 saturated heterocycles. The summed E-state index contributed by atoms with van der Waals surface area (Å²) < 4.78 is 11.2. The van der Waals surface area contributed by atoms with E-state index in [1.54, 1.807) is 27.7 Å². The van der Waals surface area contributed by atoms with E-state index in [0.717, 1.165) is 9.35 Å². The summed E-state index contributed by atoms with van der Waals surface area (Å²) in [6, 6.07) is 1.89. The topological polar surface area (TPSA) is 52.6 Å². The van der Waals surface area contributed by atoms with Gasteiger partial charge in [0.15, 0.2) is 5.92 Å². The van der Waals surface area contributed by atoms with Crippen molar-refractivity contribution < 1.29 is 19.1 Å². The Morgan fingerprint density at radius 2 is 1.65 bits per heavy atom. The maximum Gasteiger partial charge on any atom is 0.320 e. The van der Waals surface area contributed by atoms with Crippen molar-refractivity contribution in [1.29, 1.82) is 0 Å². The van der Waals surface area contributed by atoms with Gasteiger partial charge in [-0.3, -0.25) is 9.59 Å². The van der Waals surface area contributed by atoms with Crippen molar-refractivity contribution in [2.45, 2.75) is 46.3 Å².